The maximum Gasteiger partial charge on any atom is 0.114 e. The minimum absolute atomic E-state index is 1.03. The maximum atomic E-state index is 5.49. The zero-order valence-corrected chi connectivity index (χ0v) is 16.9. The van der Waals surface area contributed by atoms with Crippen LogP contribution in [0.3, 0.4) is 0 Å². The second kappa shape index (κ2) is 5.62. The molecule has 0 bridgehead atoms. The molecule has 4 nitrogen and oxygen atoms in total. The van der Waals surface area contributed by atoms with Gasteiger partial charge in [0.2, 0.25) is 0 Å². The highest BCUT2D eigenvalue weighted by molar-refractivity contribution is 6.26. The van der Waals surface area contributed by atoms with Gasteiger partial charge in [0.05, 0.1) is 46.0 Å². The molecule has 2 aliphatic rings. The third kappa shape index (κ3) is 1.84. The largest absolute Gasteiger partial charge is 0.470 e. The van der Waals surface area contributed by atoms with Crippen molar-refractivity contribution in [3.05, 3.63) is 97.8 Å². The lowest BCUT2D eigenvalue weighted by molar-refractivity contribution is 0.566. The summed E-state index contributed by atoms with van der Waals surface area (Å²) in [4.78, 5) is 0. The second-order valence-electron chi connectivity index (χ2n) is 8.30. The molecule has 0 saturated heterocycles. The van der Waals surface area contributed by atoms with Crippen LogP contribution in [-0.2, 0) is 0 Å². The Labute approximate surface area is 182 Å². The van der Waals surface area contributed by atoms with Gasteiger partial charge >= 0.3 is 0 Å². The van der Waals surface area contributed by atoms with E-state index in [1.807, 2.05) is 24.7 Å². The molecule has 0 unspecified atom stereocenters. The van der Waals surface area contributed by atoms with Crippen molar-refractivity contribution in [2.75, 3.05) is 0 Å². The predicted molar refractivity (Wildman–Crippen MR) is 127 cm³/mol. The molecule has 4 heteroatoms. The Morgan fingerprint density at radius 1 is 0.469 bits per heavy atom. The van der Waals surface area contributed by atoms with Gasteiger partial charge in [-0.25, -0.2) is 0 Å². The van der Waals surface area contributed by atoms with Crippen LogP contribution < -0.4 is 0 Å². The summed E-state index contributed by atoms with van der Waals surface area (Å²) in [6.45, 7) is 0. The number of hydrogen-bond acceptors (Lipinski definition) is 2. The molecule has 0 amide bonds. The van der Waals surface area contributed by atoms with Crippen molar-refractivity contribution in [2.45, 2.75) is 0 Å². The van der Waals surface area contributed by atoms with Crippen LogP contribution in [0.5, 0.6) is 0 Å². The Balaban J connectivity index is 1.77. The van der Waals surface area contributed by atoms with Crippen molar-refractivity contribution in [3.63, 3.8) is 0 Å². The van der Waals surface area contributed by atoms with E-state index in [1.165, 1.54) is 54.7 Å². The first kappa shape index (κ1) is 16.3. The van der Waals surface area contributed by atoms with Crippen molar-refractivity contribution in [1.82, 2.24) is 9.13 Å². The highest BCUT2D eigenvalue weighted by Gasteiger charge is 2.26. The molecule has 0 spiro atoms. The molecule has 0 atom stereocenters. The van der Waals surface area contributed by atoms with Crippen LogP contribution in [0.1, 0.15) is 0 Å². The molecular weight excluding hydrogens is 396 g/mol. The summed E-state index contributed by atoms with van der Waals surface area (Å²) in [5, 5.41) is 4.97. The standard InChI is InChI=1S/C28H16N2O2/c1-3-17-7-9-24-27-25(17)21(5-1)29(19-11-13-31-15-19)23-10-8-18-4-2-6-22(26(18)28(23)27)30(24)20-12-14-32-16-20/h1-16H. The minimum Gasteiger partial charge on any atom is -0.470 e. The normalized spacial score (nSPS) is 12.4. The van der Waals surface area contributed by atoms with Crippen LogP contribution in [0.15, 0.2) is 107 Å². The lowest BCUT2D eigenvalue weighted by Crippen LogP contribution is -2.09. The van der Waals surface area contributed by atoms with E-state index in [2.05, 4.69) is 69.8 Å². The van der Waals surface area contributed by atoms with Crippen LogP contribution in [0.2, 0.25) is 0 Å². The quantitative estimate of drug-likeness (QED) is 0.216. The Kier molecular flexibility index (Phi) is 2.86. The summed E-state index contributed by atoms with van der Waals surface area (Å²) >= 11 is 0. The summed E-state index contributed by atoms with van der Waals surface area (Å²) in [5.74, 6) is 0. The zero-order chi connectivity index (χ0) is 20.8. The first-order chi connectivity index (χ1) is 15.9. The first-order valence-electron chi connectivity index (χ1n) is 10.7. The van der Waals surface area contributed by atoms with Gasteiger partial charge in [-0.3, -0.25) is 0 Å². The topological polar surface area (TPSA) is 36.1 Å². The zero-order valence-electron chi connectivity index (χ0n) is 16.9. The highest BCUT2D eigenvalue weighted by atomic mass is 16.3. The van der Waals surface area contributed by atoms with Crippen molar-refractivity contribution in [2.24, 2.45) is 0 Å². The molecule has 6 aromatic rings. The molecule has 4 aromatic carbocycles. The lowest BCUT2D eigenvalue weighted by atomic mass is 9.87. The first-order valence-corrected chi connectivity index (χ1v) is 10.7. The molecule has 2 aliphatic heterocycles. The fraction of sp³-hybridized carbons (Fsp3) is 0. The second-order valence-corrected chi connectivity index (χ2v) is 8.30. The molecule has 0 saturated carbocycles. The monoisotopic (exact) mass is 412 g/mol. The molecule has 2 aromatic heterocycles. The number of furan rings is 2. The minimum atomic E-state index is 1.03. The highest BCUT2D eigenvalue weighted by Crippen LogP contribution is 2.49. The fourth-order valence-electron chi connectivity index (χ4n) is 5.53. The molecule has 32 heavy (non-hydrogen) atoms. The van der Waals surface area contributed by atoms with Gasteiger partial charge in [-0.05, 0) is 35.0 Å². The third-order valence-corrected chi connectivity index (χ3v) is 6.75. The van der Waals surface area contributed by atoms with Gasteiger partial charge in [0.15, 0.2) is 0 Å². The van der Waals surface area contributed by atoms with Gasteiger partial charge in [-0.1, -0.05) is 36.4 Å². The molecule has 0 fully saturated rings. The summed E-state index contributed by atoms with van der Waals surface area (Å²) in [7, 11) is 0. The van der Waals surface area contributed by atoms with E-state index in [9.17, 15) is 0 Å². The molecule has 8 rings (SSSR count). The summed E-state index contributed by atoms with van der Waals surface area (Å²) in [6.07, 6.45) is 7.11. The van der Waals surface area contributed by atoms with Gasteiger partial charge in [0.1, 0.15) is 12.5 Å². The number of pyridine rings is 2. The van der Waals surface area contributed by atoms with E-state index in [4.69, 9.17) is 8.83 Å². The number of aromatic nitrogens is 2. The summed E-state index contributed by atoms with van der Waals surface area (Å²) < 4.78 is 15.6. The van der Waals surface area contributed by atoms with Crippen LogP contribution in [0, 0.1) is 0 Å². The Hall–Kier alpha value is -4.44. The van der Waals surface area contributed by atoms with Crippen molar-refractivity contribution >= 4 is 43.6 Å². The molecule has 0 aliphatic carbocycles. The fourth-order valence-corrected chi connectivity index (χ4v) is 5.53. The lowest BCUT2D eigenvalue weighted by Gasteiger charge is -2.28. The molecular formula is C28H16N2O2. The van der Waals surface area contributed by atoms with Crippen molar-refractivity contribution in [3.8, 4) is 22.5 Å². The summed E-state index contributed by atoms with van der Waals surface area (Å²) in [5.41, 5.74) is 9.28. The molecule has 4 heterocycles. The van der Waals surface area contributed by atoms with Crippen molar-refractivity contribution in [1.29, 1.82) is 0 Å². The Morgan fingerprint density at radius 2 is 0.969 bits per heavy atom. The van der Waals surface area contributed by atoms with Crippen molar-refractivity contribution < 1.29 is 8.83 Å². The van der Waals surface area contributed by atoms with Crippen LogP contribution in [0.25, 0.3) is 66.1 Å². The average Bonchev–Trinajstić information content (AvgIpc) is 3.55. The number of rotatable bonds is 2. The van der Waals surface area contributed by atoms with E-state index in [0.29, 0.717) is 0 Å². The van der Waals surface area contributed by atoms with Gasteiger partial charge in [0, 0.05) is 34.0 Å². The van der Waals surface area contributed by atoms with Gasteiger partial charge < -0.3 is 18.0 Å². The number of nitrogens with zero attached hydrogens (tertiary/aromatic N) is 2. The smallest absolute Gasteiger partial charge is 0.114 e. The summed E-state index contributed by atoms with van der Waals surface area (Å²) in [6, 6.07) is 26.0. The molecule has 150 valence electrons. The van der Waals surface area contributed by atoms with E-state index < -0.39 is 0 Å². The number of benzene rings is 4. The van der Waals surface area contributed by atoms with Crippen LogP contribution >= 0.6 is 0 Å². The Morgan fingerprint density at radius 3 is 1.41 bits per heavy atom. The maximum absolute atomic E-state index is 5.49. The van der Waals surface area contributed by atoms with E-state index >= 15 is 0 Å². The Bertz CT molecular complexity index is 1720. The van der Waals surface area contributed by atoms with Gasteiger partial charge in [0.25, 0.3) is 0 Å². The number of hydrogen-bond donors (Lipinski definition) is 0. The SMILES string of the molecule is c1cc2ccc3c4c2c(c1)n(-c1ccoc1)c1ccc2cccc(c2c1-4)n3-c1ccoc1. The average molecular weight is 412 g/mol. The van der Waals surface area contributed by atoms with E-state index in [1.54, 1.807) is 12.5 Å². The van der Waals surface area contributed by atoms with Crippen LogP contribution in [-0.4, -0.2) is 9.13 Å². The van der Waals surface area contributed by atoms with Crippen LogP contribution in [0.4, 0.5) is 0 Å². The predicted octanol–water partition coefficient (Wildman–Crippen LogP) is 7.61. The molecule has 0 N–H and O–H groups in total. The van der Waals surface area contributed by atoms with Gasteiger partial charge in [-0.2, -0.15) is 0 Å². The molecule has 0 radical (unpaired) electrons. The van der Waals surface area contributed by atoms with E-state index in [0.717, 1.165) is 11.4 Å². The third-order valence-electron chi connectivity index (χ3n) is 6.75. The van der Waals surface area contributed by atoms with E-state index in [-0.39, 0.29) is 0 Å². The van der Waals surface area contributed by atoms with Gasteiger partial charge in [-0.15, -0.1) is 0 Å².